The lowest BCUT2D eigenvalue weighted by Gasteiger charge is -2.10. The molecule has 7 heteroatoms. The summed E-state index contributed by atoms with van der Waals surface area (Å²) >= 11 is 0. The predicted octanol–water partition coefficient (Wildman–Crippen LogP) is 3.86. The average Bonchev–Trinajstić information content (AvgIpc) is 2.73. The van der Waals surface area contributed by atoms with Gasteiger partial charge in [0.1, 0.15) is 11.6 Å². The molecule has 0 spiro atoms. The number of hydrogen-bond acceptors (Lipinski definition) is 5. The quantitative estimate of drug-likeness (QED) is 0.402. The molecule has 0 saturated heterocycles. The van der Waals surface area contributed by atoms with Gasteiger partial charge < -0.3 is 0 Å². The van der Waals surface area contributed by atoms with Crippen LogP contribution >= 0.6 is 0 Å². The summed E-state index contributed by atoms with van der Waals surface area (Å²) in [4.78, 5) is 32.3. The van der Waals surface area contributed by atoms with Gasteiger partial charge in [-0.25, -0.2) is 14.5 Å². The van der Waals surface area contributed by atoms with E-state index in [1.165, 1.54) is 16.7 Å². The van der Waals surface area contributed by atoms with E-state index in [9.17, 15) is 14.9 Å². The zero-order chi connectivity index (χ0) is 19.5. The molecule has 4 rings (SSSR count). The van der Waals surface area contributed by atoms with Crippen LogP contribution < -0.4 is 5.56 Å². The van der Waals surface area contributed by atoms with Crippen molar-refractivity contribution in [2.45, 2.75) is 0 Å². The molecule has 2 heterocycles. The Morgan fingerprint density at radius 2 is 1.68 bits per heavy atom. The zero-order valence-electron chi connectivity index (χ0n) is 14.6. The van der Waals surface area contributed by atoms with Crippen molar-refractivity contribution in [1.82, 2.24) is 14.5 Å². The van der Waals surface area contributed by atoms with Gasteiger partial charge in [-0.15, -0.1) is 0 Å². The first kappa shape index (κ1) is 17.3. The molecular weight excluding hydrogens is 356 g/mol. The average molecular weight is 370 g/mol. The molecule has 7 nitrogen and oxygen atoms in total. The molecule has 0 saturated carbocycles. The summed E-state index contributed by atoms with van der Waals surface area (Å²) in [6, 6.07) is 18.6. The van der Waals surface area contributed by atoms with E-state index < -0.39 is 4.92 Å². The Kier molecular flexibility index (Phi) is 4.47. The van der Waals surface area contributed by atoms with Crippen molar-refractivity contribution >= 4 is 28.7 Å². The Morgan fingerprint density at radius 1 is 0.929 bits per heavy atom. The number of pyridine rings is 1. The molecule has 4 aromatic rings. The van der Waals surface area contributed by atoms with Gasteiger partial charge in [-0.1, -0.05) is 24.3 Å². The Balaban J connectivity index is 1.85. The van der Waals surface area contributed by atoms with Gasteiger partial charge in [0.15, 0.2) is 0 Å². The highest BCUT2D eigenvalue weighted by molar-refractivity contribution is 5.80. The topological polar surface area (TPSA) is 90.9 Å². The minimum absolute atomic E-state index is 0.0198. The van der Waals surface area contributed by atoms with Crippen LogP contribution in [0, 0.1) is 10.1 Å². The van der Waals surface area contributed by atoms with Gasteiger partial charge in [-0.05, 0) is 48.0 Å². The van der Waals surface area contributed by atoms with E-state index in [4.69, 9.17) is 0 Å². The zero-order valence-corrected chi connectivity index (χ0v) is 14.6. The van der Waals surface area contributed by atoms with Crippen molar-refractivity contribution in [3.63, 3.8) is 0 Å². The maximum Gasteiger partial charge on any atom is 0.269 e. The maximum atomic E-state index is 13.1. The first-order chi connectivity index (χ1) is 13.6. The molecule has 2 aromatic carbocycles. The number of hydrogen-bond donors (Lipinski definition) is 0. The molecular formula is C21H14N4O3. The minimum atomic E-state index is -0.447. The number of fused-ring (bicyclic) bond motifs is 1. The number of non-ortho nitro benzene ring substituents is 1. The predicted molar refractivity (Wildman–Crippen MR) is 107 cm³/mol. The molecule has 0 fully saturated rings. The molecule has 0 aliphatic rings. The number of benzene rings is 2. The van der Waals surface area contributed by atoms with Crippen molar-refractivity contribution in [3.8, 4) is 5.82 Å². The highest BCUT2D eigenvalue weighted by Crippen LogP contribution is 2.16. The van der Waals surface area contributed by atoms with Gasteiger partial charge in [0.05, 0.1) is 15.8 Å². The van der Waals surface area contributed by atoms with Gasteiger partial charge in [-0.2, -0.15) is 0 Å². The van der Waals surface area contributed by atoms with E-state index in [-0.39, 0.29) is 11.2 Å². The monoisotopic (exact) mass is 370 g/mol. The second kappa shape index (κ2) is 7.24. The normalized spacial score (nSPS) is 11.1. The third-order valence-electron chi connectivity index (χ3n) is 4.21. The third kappa shape index (κ3) is 3.28. The molecule has 0 radical (unpaired) electrons. The fourth-order valence-corrected chi connectivity index (χ4v) is 2.85. The lowest BCUT2D eigenvalue weighted by atomic mass is 10.2. The number of nitro benzene ring substituents is 1. The smallest absolute Gasteiger partial charge is 0.268 e. The Hall–Kier alpha value is -4.13. The molecule has 0 aliphatic heterocycles. The maximum absolute atomic E-state index is 13.1. The van der Waals surface area contributed by atoms with E-state index >= 15 is 0 Å². The molecule has 136 valence electrons. The second-order valence-corrected chi connectivity index (χ2v) is 6.00. The van der Waals surface area contributed by atoms with Crippen molar-refractivity contribution in [2.24, 2.45) is 0 Å². The van der Waals surface area contributed by atoms with E-state index in [0.29, 0.717) is 22.5 Å². The Morgan fingerprint density at radius 3 is 2.39 bits per heavy atom. The largest absolute Gasteiger partial charge is 0.269 e. The fraction of sp³-hybridized carbons (Fsp3) is 0. The lowest BCUT2D eigenvalue weighted by molar-refractivity contribution is -0.384. The van der Waals surface area contributed by atoms with Crippen LogP contribution in [0.5, 0.6) is 0 Å². The highest BCUT2D eigenvalue weighted by Gasteiger charge is 2.11. The van der Waals surface area contributed by atoms with E-state index in [1.807, 2.05) is 6.07 Å². The van der Waals surface area contributed by atoms with E-state index in [0.717, 1.165) is 5.56 Å². The molecule has 0 atom stereocenters. The molecule has 2 aromatic heterocycles. The molecule has 0 unspecified atom stereocenters. The fourth-order valence-electron chi connectivity index (χ4n) is 2.85. The van der Waals surface area contributed by atoms with Crippen LogP contribution in [0.1, 0.15) is 11.4 Å². The summed E-state index contributed by atoms with van der Waals surface area (Å²) in [5, 5.41) is 11.3. The first-order valence-electron chi connectivity index (χ1n) is 8.49. The van der Waals surface area contributed by atoms with Crippen molar-refractivity contribution in [3.05, 3.63) is 105 Å². The number of aromatic nitrogens is 3. The van der Waals surface area contributed by atoms with Crippen molar-refractivity contribution < 1.29 is 4.92 Å². The van der Waals surface area contributed by atoms with Crippen LogP contribution in [0.15, 0.2) is 77.7 Å². The summed E-state index contributed by atoms with van der Waals surface area (Å²) in [7, 11) is 0. The standard InChI is InChI=1S/C21H14N4O3/c26-21-17-5-1-2-6-18(17)23-20(24(21)19-7-3-4-14-22-19)13-10-15-8-11-16(12-9-15)25(27)28/h1-14H. The third-order valence-corrected chi connectivity index (χ3v) is 4.21. The summed E-state index contributed by atoms with van der Waals surface area (Å²) in [5.74, 6) is 0.884. The number of nitro groups is 1. The number of para-hydroxylation sites is 1. The molecule has 0 aliphatic carbocycles. The van der Waals surface area contributed by atoms with Gasteiger partial charge in [0.2, 0.25) is 0 Å². The van der Waals surface area contributed by atoms with Gasteiger partial charge >= 0.3 is 0 Å². The number of rotatable bonds is 4. The van der Waals surface area contributed by atoms with Crippen LogP contribution in [0.4, 0.5) is 5.69 Å². The Labute approximate surface area is 159 Å². The van der Waals surface area contributed by atoms with Gasteiger partial charge in [0, 0.05) is 18.3 Å². The lowest BCUT2D eigenvalue weighted by Crippen LogP contribution is -2.23. The molecule has 28 heavy (non-hydrogen) atoms. The van der Waals surface area contributed by atoms with Crippen LogP contribution in [-0.2, 0) is 0 Å². The summed E-state index contributed by atoms with van der Waals surface area (Å²) in [5.41, 5.74) is 1.14. The van der Waals surface area contributed by atoms with Crippen molar-refractivity contribution in [1.29, 1.82) is 0 Å². The van der Waals surface area contributed by atoms with Gasteiger partial charge in [0.25, 0.3) is 11.2 Å². The summed E-state index contributed by atoms with van der Waals surface area (Å²) in [6.45, 7) is 0. The second-order valence-electron chi connectivity index (χ2n) is 6.00. The summed E-state index contributed by atoms with van der Waals surface area (Å²) < 4.78 is 1.45. The number of nitrogens with zero attached hydrogens (tertiary/aromatic N) is 4. The van der Waals surface area contributed by atoms with Crippen LogP contribution in [0.2, 0.25) is 0 Å². The van der Waals surface area contributed by atoms with Gasteiger partial charge in [-0.3, -0.25) is 14.9 Å². The van der Waals surface area contributed by atoms with Crippen molar-refractivity contribution in [2.75, 3.05) is 0 Å². The molecule has 0 bridgehead atoms. The first-order valence-corrected chi connectivity index (χ1v) is 8.49. The molecule has 0 amide bonds. The van der Waals surface area contributed by atoms with Crippen LogP contribution in [-0.4, -0.2) is 19.5 Å². The SMILES string of the molecule is O=c1c2ccccc2nc(C=Cc2ccc([N+](=O)[O-])cc2)n1-c1ccccn1. The summed E-state index contributed by atoms with van der Waals surface area (Å²) in [6.07, 6.45) is 5.06. The van der Waals surface area contributed by atoms with E-state index in [1.54, 1.807) is 66.9 Å². The minimum Gasteiger partial charge on any atom is -0.268 e. The van der Waals surface area contributed by atoms with Crippen LogP contribution in [0.25, 0.3) is 28.9 Å². The van der Waals surface area contributed by atoms with E-state index in [2.05, 4.69) is 9.97 Å². The molecule has 0 N–H and O–H groups in total. The van der Waals surface area contributed by atoms with Crippen LogP contribution in [0.3, 0.4) is 0 Å². The Bertz CT molecular complexity index is 1250. The highest BCUT2D eigenvalue weighted by atomic mass is 16.6.